The molecule has 160 valence electrons. The van der Waals surface area contributed by atoms with Gasteiger partial charge in [-0.25, -0.2) is 4.39 Å². The van der Waals surface area contributed by atoms with Crippen molar-refractivity contribution in [3.8, 4) is 0 Å². The Hall–Kier alpha value is -2.73. The number of Topliss-reactive ketones (excluding diaryl/α,β-unsaturated/α-hetero) is 1. The minimum Gasteiger partial charge on any atom is -0.367 e. The molecule has 6 heteroatoms. The number of carbonyl (C=O) groups excluding carboxylic acids is 2. The first-order chi connectivity index (χ1) is 14.3. The highest BCUT2D eigenvalue weighted by Gasteiger charge is 2.26. The second-order valence-corrected chi connectivity index (χ2v) is 8.19. The van der Waals surface area contributed by atoms with Gasteiger partial charge in [-0.05, 0) is 55.7 Å². The van der Waals surface area contributed by atoms with Gasteiger partial charge in [0.15, 0.2) is 5.78 Å². The van der Waals surface area contributed by atoms with Crippen LogP contribution in [0.2, 0.25) is 0 Å². The zero-order valence-corrected chi connectivity index (χ0v) is 18.1. The number of amides is 1. The van der Waals surface area contributed by atoms with Crippen LogP contribution in [0.25, 0.3) is 0 Å². The van der Waals surface area contributed by atoms with E-state index in [1.54, 1.807) is 12.1 Å². The number of carbonyl (C=O) groups is 2. The molecular weight excluding hydrogens is 381 g/mol. The van der Waals surface area contributed by atoms with Crippen molar-refractivity contribution in [3.63, 3.8) is 0 Å². The standard InChI is InChI=1S/C24H30FN3O2/c1-16(2)19-5-8-21(9-6-19)26-24(30)17(3)27-11-13-28(14-12-27)23-10-7-20(18(4)29)15-22(23)25/h5-10,15-17H,11-14H2,1-4H3,(H,26,30)/t17-/m0/s1. The molecule has 1 atom stereocenters. The topological polar surface area (TPSA) is 52.7 Å². The molecule has 0 bridgehead atoms. The fourth-order valence-electron chi connectivity index (χ4n) is 3.70. The van der Waals surface area contributed by atoms with Crippen molar-refractivity contribution >= 4 is 23.1 Å². The minimum absolute atomic E-state index is 0.0438. The molecule has 0 unspecified atom stereocenters. The Morgan fingerprint density at radius 1 is 0.967 bits per heavy atom. The number of nitrogens with zero attached hydrogens (tertiary/aromatic N) is 2. The van der Waals surface area contributed by atoms with Crippen LogP contribution in [0, 0.1) is 5.82 Å². The van der Waals surface area contributed by atoms with Crippen LogP contribution < -0.4 is 10.2 Å². The molecule has 0 aromatic heterocycles. The van der Waals surface area contributed by atoms with Gasteiger partial charge in [-0.15, -0.1) is 0 Å². The molecule has 2 aromatic carbocycles. The largest absolute Gasteiger partial charge is 0.367 e. The maximum atomic E-state index is 14.4. The van der Waals surface area contributed by atoms with Crippen LogP contribution >= 0.6 is 0 Å². The van der Waals surface area contributed by atoms with E-state index in [0.29, 0.717) is 43.3 Å². The van der Waals surface area contributed by atoms with Gasteiger partial charge in [0.2, 0.25) is 5.91 Å². The monoisotopic (exact) mass is 411 g/mol. The minimum atomic E-state index is -0.383. The molecule has 1 fully saturated rings. The summed E-state index contributed by atoms with van der Waals surface area (Å²) in [6, 6.07) is 12.3. The highest BCUT2D eigenvalue weighted by Crippen LogP contribution is 2.23. The summed E-state index contributed by atoms with van der Waals surface area (Å²) < 4.78 is 14.4. The Balaban J connectivity index is 1.56. The number of anilines is 2. The number of hydrogen-bond acceptors (Lipinski definition) is 4. The van der Waals surface area contributed by atoms with Crippen molar-refractivity contribution < 1.29 is 14.0 Å². The van der Waals surface area contributed by atoms with Crippen LogP contribution in [-0.4, -0.2) is 48.8 Å². The summed E-state index contributed by atoms with van der Waals surface area (Å²) in [4.78, 5) is 28.2. The first-order valence-electron chi connectivity index (χ1n) is 10.5. The van der Waals surface area contributed by atoms with E-state index in [1.165, 1.54) is 18.6 Å². The third-order valence-electron chi connectivity index (χ3n) is 5.78. The van der Waals surface area contributed by atoms with Gasteiger partial charge in [0.25, 0.3) is 0 Å². The lowest BCUT2D eigenvalue weighted by Gasteiger charge is -2.38. The summed E-state index contributed by atoms with van der Waals surface area (Å²) in [5.74, 6) is -0.123. The fourth-order valence-corrected chi connectivity index (χ4v) is 3.70. The van der Waals surface area contributed by atoms with Gasteiger partial charge in [-0.2, -0.15) is 0 Å². The summed E-state index contributed by atoms with van der Waals surface area (Å²) in [6.07, 6.45) is 0. The Labute approximate surface area is 177 Å². The van der Waals surface area contributed by atoms with E-state index in [0.717, 1.165) is 5.69 Å². The Morgan fingerprint density at radius 3 is 2.13 bits per heavy atom. The zero-order chi connectivity index (χ0) is 21.8. The number of nitrogens with one attached hydrogen (secondary N) is 1. The van der Waals surface area contributed by atoms with Crippen LogP contribution in [-0.2, 0) is 4.79 Å². The predicted octanol–water partition coefficient (Wildman–Crippen LogP) is 4.30. The molecule has 1 heterocycles. The summed E-state index contributed by atoms with van der Waals surface area (Å²) in [5.41, 5.74) is 2.91. The Kier molecular flexibility index (Phi) is 6.87. The molecule has 1 aliphatic heterocycles. The van der Waals surface area contributed by atoms with Gasteiger partial charge in [-0.3, -0.25) is 14.5 Å². The van der Waals surface area contributed by atoms with E-state index in [9.17, 15) is 14.0 Å². The van der Waals surface area contributed by atoms with E-state index in [1.807, 2.05) is 36.1 Å². The number of hydrogen-bond donors (Lipinski definition) is 1. The van der Waals surface area contributed by atoms with Crippen LogP contribution in [0.4, 0.5) is 15.8 Å². The fraction of sp³-hybridized carbons (Fsp3) is 0.417. The Morgan fingerprint density at radius 2 is 1.60 bits per heavy atom. The van der Waals surface area contributed by atoms with Crippen molar-refractivity contribution in [1.82, 2.24) is 4.90 Å². The van der Waals surface area contributed by atoms with Gasteiger partial charge < -0.3 is 10.2 Å². The first kappa shape index (κ1) is 22.0. The van der Waals surface area contributed by atoms with Gasteiger partial charge in [0.1, 0.15) is 5.82 Å². The molecule has 0 aliphatic carbocycles. The molecule has 1 amide bonds. The predicted molar refractivity (Wildman–Crippen MR) is 119 cm³/mol. The molecule has 1 aliphatic rings. The average molecular weight is 412 g/mol. The highest BCUT2D eigenvalue weighted by atomic mass is 19.1. The third-order valence-corrected chi connectivity index (χ3v) is 5.78. The summed E-state index contributed by atoms with van der Waals surface area (Å²) in [5, 5.41) is 2.99. The summed E-state index contributed by atoms with van der Waals surface area (Å²) in [7, 11) is 0. The van der Waals surface area contributed by atoms with E-state index < -0.39 is 0 Å². The van der Waals surface area contributed by atoms with Crippen molar-refractivity contribution in [1.29, 1.82) is 0 Å². The van der Waals surface area contributed by atoms with E-state index >= 15 is 0 Å². The van der Waals surface area contributed by atoms with Crippen molar-refractivity contribution in [2.24, 2.45) is 0 Å². The SMILES string of the molecule is CC(=O)c1ccc(N2CCN([C@@H](C)C(=O)Nc3ccc(C(C)C)cc3)CC2)c(F)c1. The third kappa shape index (κ3) is 5.05. The van der Waals surface area contributed by atoms with Gasteiger partial charge in [0.05, 0.1) is 11.7 Å². The number of halogens is 1. The highest BCUT2D eigenvalue weighted by molar-refractivity contribution is 5.95. The molecule has 1 N–H and O–H groups in total. The quantitative estimate of drug-likeness (QED) is 0.720. The lowest BCUT2D eigenvalue weighted by atomic mass is 10.0. The number of piperazine rings is 1. The second kappa shape index (κ2) is 9.39. The van der Waals surface area contributed by atoms with Crippen LogP contribution in [0.1, 0.15) is 49.5 Å². The van der Waals surface area contributed by atoms with Gasteiger partial charge in [-0.1, -0.05) is 26.0 Å². The maximum Gasteiger partial charge on any atom is 0.241 e. The summed E-state index contributed by atoms with van der Waals surface area (Å²) in [6.45, 7) is 10.2. The maximum absolute atomic E-state index is 14.4. The molecular formula is C24H30FN3O2. The molecule has 2 aromatic rings. The molecule has 5 nitrogen and oxygen atoms in total. The number of ketones is 1. The molecule has 0 spiro atoms. The lowest BCUT2D eigenvalue weighted by molar-refractivity contribution is -0.120. The Bertz CT molecular complexity index is 903. The molecule has 0 radical (unpaired) electrons. The summed E-state index contributed by atoms with van der Waals surface area (Å²) >= 11 is 0. The van der Waals surface area contributed by atoms with E-state index in [2.05, 4.69) is 24.1 Å². The van der Waals surface area contributed by atoms with Gasteiger partial charge in [0, 0.05) is 37.4 Å². The van der Waals surface area contributed by atoms with Crippen molar-refractivity contribution in [2.45, 2.75) is 39.7 Å². The smallest absolute Gasteiger partial charge is 0.241 e. The zero-order valence-electron chi connectivity index (χ0n) is 18.1. The average Bonchev–Trinajstić information content (AvgIpc) is 2.73. The molecule has 3 rings (SSSR count). The number of rotatable bonds is 6. The lowest BCUT2D eigenvalue weighted by Crippen LogP contribution is -2.53. The number of benzene rings is 2. The van der Waals surface area contributed by atoms with Crippen LogP contribution in [0.15, 0.2) is 42.5 Å². The molecule has 1 saturated heterocycles. The first-order valence-corrected chi connectivity index (χ1v) is 10.5. The van der Waals surface area contributed by atoms with Gasteiger partial charge >= 0.3 is 0 Å². The van der Waals surface area contributed by atoms with Crippen LogP contribution in [0.5, 0.6) is 0 Å². The van der Waals surface area contributed by atoms with Crippen molar-refractivity contribution in [2.75, 3.05) is 36.4 Å². The molecule has 0 saturated carbocycles. The van der Waals surface area contributed by atoms with E-state index in [4.69, 9.17) is 0 Å². The second-order valence-electron chi connectivity index (χ2n) is 8.19. The van der Waals surface area contributed by atoms with E-state index in [-0.39, 0.29) is 23.5 Å². The van der Waals surface area contributed by atoms with Crippen LogP contribution in [0.3, 0.4) is 0 Å². The van der Waals surface area contributed by atoms with Crippen molar-refractivity contribution in [3.05, 3.63) is 59.4 Å². The normalized spacial score (nSPS) is 15.9. The molecule has 30 heavy (non-hydrogen) atoms.